The van der Waals surface area contributed by atoms with Gasteiger partial charge in [0.05, 0.1) is 0 Å². The smallest absolute Gasteiger partial charge is 0.315 e. The molecule has 1 rings (SSSR count). The van der Waals surface area contributed by atoms with Crippen LogP contribution in [0.3, 0.4) is 0 Å². The first-order valence-corrected chi connectivity index (χ1v) is 5.80. The van der Waals surface area contributed by atoms with Crippen molar-refractivity contribution in [3.05, 3.63) is 30.1 Å². The molecule has 128 valence electrons. The molecule has 0 unspecified atom stereocenters. The Balaban J connectivity index is 2.73. The lowest BCUT2D eigenvalue weighted by molar-refractivity contribution is -0.297. The average molecular weight is 344 g/mol. The highest BCUT2D eigenvalue weighted by Gasteiger charge is 2.68. The zero-order valence-electron chi connectivity index (χ0n) is 11.3. The predicted molar refractivity (Wildman–Crippen MR) is 63.9 cm³/mol. The predicted octanol–water partition coefficient (Wildman–Crippen LogP) is 1.91. The highest BCUT2D eigenvalue weighted by atomic mass is 19.4. The van der Waals surface area contributed by atoms with Crippen molar-refractivity contribution in [3.63, 3.8) is 0 Å². The molecule has 0 bridgehead atoms. The van der Waals surface area contributed by atoms with Gasteiger partial charge in [-0.2, -0.15) is 26.3 Å². The second kappa shape index (κ2) is 6.30. The van der Waals surface area contributed by atoms with E-state index in [2.05, 4.69) is 4.98 Å². The Morgan fingerprint density at radius 3 is 1.87 bits per heavy atom. The fraction of sp³-hybridized carbons (Fsp3) is 0.364. The van der Waals surface area contributed by atoms with Crippen molar-refractivity contribution in [1.82, 2.24) is 21.2 Å². The van der Waals surface area contributed by atoms with E-state index in [1.54, 1.807) is 5.43 Å². The topological polar surface area (TPSA) is 83.1 Å². The first kappa shape index (κ1) is 18.5. The summed E-state index contributed by atoms with van der Waals surface area (Å²) in [6, 6.07) is 0.541. The van der Waals surface area contributed by atoms with Crippen molar-refractivity contribution in [2.45, 2.75) is 24.8 Å². The zero-order valence-corrected chi connectivity index (χ0v) is 11.3. The van der Waals surface area contributed by atoms with Gasteiger partial charge in [0.1, 0.15) is 0 Å². The van der Waals surface area contributed by atoms with Gasteiger partial charge in [-0.3, -0.25) is 15.2 Å². The molecule has 0 atom stereocenters. The number of carbonyl (C=O) groups is 2. The monoisotopic (exact) mass is 344 g/mol. The third kappa shape index (κ3) is 4.23. The number of hydrogen-bond donors (Lipinski definition) is 3. The van der Waals surface area contributed by atoms with Crippen molar-refractivity contribution in [2.24, 2.45) is 0 Å². The minimum absolute atomic E-state index is 0.0188. The molecule has 6 nitrogen and oxygen atoms in total. The quantitative estimate of drug-likeness (QED) is 0.566. The first-order chi connectivity index (χ1) is 10.4. The molecule has 1 aromatic rings. The number of hydrazine groups is 1. The molecule has 3 N–H and O–H groups in total. The van der Waals surface area contributed by atoms with Crippen LogP contribution in [0.15, 0.2) is 24.5 Å². The van der Waals surface area contributed by atoms with Crippen LogP contribution in [0.4, 0.5) is 31.1 Å². The molecule has 23 heavy (non-hydrogen) atoms. The number of carbonyl (C=O) groups excluding carboxylic acids is 2. The molecule has 1 heterocycles. The Morgan fingerprint density at radius 2 is 1.43 bits per heavy atom. The lowest BCUT2D eigenvalue weighted by atomic mass is 10.0. The Bertz CT molecular complexity index is 558. The molecule has 0 radical (unpaired) electrons. The van der Waals surface area contributed by atoms with Crippen LogP contribution in [0, 0.1) is 0 Å². The normalized spacial score (nSPS) is 12.5. The molecule has 1 aromatic heterocycles. The standard InChI is InChI=1S/C11H10F6N4O2/c1-9(10(12,13)14,11(15,16)17)19-8(23)21-20-7(22)6-2-4-18-5-3-6/h2-5H,1H3,(H,20,22)(H2,19,21,23). The molecule has 0 aliphatic rings. The number of rotatable bonds is 2. The maximum atomic E-state index is 12.6. The zero-order chi connectivity index (χ0) is 17.9. The molecule has 0 aliphatic heterocycles. The summed E-state index contributed by atoms with van der Waals surface area (Å²) in [6.07, 6.45) is -9.14. The Morgan fingerprint density at radius 1 is 0.957 bits per heavy atom. The van der Waals surface area contributed by atoms with Crippen LogP contribution in [-0.4, -0.2) is 34.8 Å². The van der Waals surface area contributed by atoms with Crippen molar-refractivity contribution in [1.29, 1.82) is 0 Å². The van der Waals surface area contributed by atoms with E-state index >= 15 is 0 Å². The number of hydrogen-bond acceptors (Lipinski definition) is 3. The van der Waals surface area contributed by atoms with Crippen molar-refractivity contribution < 1.29 is 35.9 Å². The van der Waals surface area contributed by atoms with Gasteiger partial charge in [-0.25, -0.2) is 10.2 Å². The maximum absolute atomic E-state index is 12.6. The lowest BCUT2D eigenvalue weighted by Crippen LogP contribution is -2.67. The number of aromatic nitrogens is 1. The highest BCUT2D eigenvalue weighted by Crippen LogP contribution is 2.42. The molecule has 0 saturated heterocycles. The number of amides is 3. The molecule has 3 amide bonds. The summed E-state index contributed by atoms with van der Waals surface area (Å²) < 4.78 is 75.4. The van der Waals surface area contributed by atoms with Crippen LogP contribution < -0.4 is 16.2 Å². The molecule has 0 fully saturated rings. The van der Waals surface area contributed by atoms with Gasteiger partial charge in [-0.05, 0) is 19.1 Å². The van der Waals surface area contributed by atoms with Gasteiger partial charge < -0.3 is 5.32 Å². The van der Waals surface area contributed by atoms with E-state index in [-0.39, 0.29) is 12.5 Å². The number of pyridine rings is 1. The Labute approximate surface area is 125 Å². The minimum atomic E-state index is -5.79. The van der Waals surface area contributed by atoms with Gasteiger partial charge in [0.25, 0.3) is 5.91 Å². The third-order valence-corrected chi connectivity index (χ3v) is 2.73. The van der Waals surface area contributed by atoms with Crippen LogP contribution in [0.25, 0.3) is 0 Å². The van der Waals surface area contributed by atoms with E-state index in [1.807, 2.05) is 0 Å². The van der Waals surface area contributed by atoms with Crippen molar-refractivity contribution >= 4 is 11.9 Å². The summed E-state index contributed by atoms with van der Waals surface area (Å²) in [4.78, 5) is 26.3. The van der Waals surface area contributed by atoms with E-state index in [4.69, 9.17) is 0 Å². The van der Waals surface area contributed by atoms with E-state index < -0.39 is 29.8 Å². The number of halogens is 6. The molecule has 0 aliphatic carbocycles. The van der Waals surface area contributed by atoms with Crippen molar-refractivity contribution in [2.75, 3.05) is 0 Å². The fourth-order valence-corrected chi connectivity index (χ4v) is 1.25. The Kier molecular flexibility index (Phi) is 5.07. The maximum Gasteiger partial charge on any atom is 0.420 e. The molecule has 0 spiro atoms. The van der Waals surface area contributed by atoms with Crippen LogP contribution >= 0.6 is 0 Å². The number of urea groups is 1. The SMILES string of the molecule is CC(NC(=O)NNC(=O)c1ccncc1)(C(F)(F)F)C(F)(F)F. The van der Waals surface area contributed by atoms with Gasteiger partial charge >= 0.3 is 18.4 Å². The highest BCUT2D eigenvalue weighted by molar-refractivity contribution is 5.95. The van der Waals surface area contributed by atoms with Gasteiger partial charge in [-0.15, -0.1) is 0 Å². The molecular weight excluding hydrogens is 334 g/mol. The van der Waals surface area contributed by atoms with E-state index in [0.717, 1.165) is 5.32 Å². The number of nitrogens with zero attached hydrogens (tertiary/aromatic N) is 1. The summed E-state index contributed by atoms with van der Waals surface area (Å²) in [5, 5.41) is 0.753. The Hall–Kier alpha value is -2.53. The minimum Gasteiger partial charge on any atom is -0.315 e. The summed E-state index contributed by atoms with van der Waals surface area (Å²) in [5.41, 5.74) is -1.43. The second-order valence-electron chi connectivity index (χ2n) is 4.39. The molecule has 0 saturated carbocycles. The van der Waals surface area contributed by atoms with Crippen LogP contribution in [0.2, 0.25) is 0 Å². The van der Waals surface area contributed by atoms with Gasteiger partial charge in [-0.1, -0.05) is 0 Å². The average Bonchev–Trinajstić information content (AvgIpc) is 2.43. The van der Waals surface area contributed by atoms with E-state index in [0.29, 0.717) is 0 Å². The van der Waals surface area contributed by atoms with E-state index in [9.17, 15) is 35.9 Å². The van der Waals surface area contributed by atoms with Gasteiger partial charge in [0.2, 0.25) is 5.54 Å². The number of nitrogens with one attached hydrogen (secondary N) is 3. The summed E-state index contributed by atoms with van der Waals surface area (Å²) in [6.45, 7) is -0.239. The lowest BCUT2D eigenvalue weighted by Gasteiger charge is -2.34. The summed E-state index contributed by atoms with van der Waals surface area (Å²) >= 11 is 0. The second-order valence-corrected chi connectivity index (χ2v) is 4.39. The number of alkyl halides is 6. The molecule has 0 aromatic carbocycles. The summed E-state index contributed by atoms with van der Waals surface area (Å²) in [7, 11) is 0. The van der Waals surface area contributed by atoms with Gasteiger partial charge in [0.15, 0.2) is 0 Å². The van der Waals surface area contributed by atoms with Crippen molar-refractivity contribution in [3.8, 4) is 0 Å². The van der Waals surface area contributed by atoms with Crippen LogP contribution in [-0.2, 0) is 0 Å². The largest absolute Gasteiger partial charge is 0.420 e. The molecular formula is C11H10F6N4O2. The van der Waals surface area contributed by atoms with Crippen LogP contribution in [0.1, 0.15) is 17.3 Å². The molecule has 12 heteroatoms. The third-order valence-electron chi connectivity index (χ3n) is 2.73. The van der Waals surface area contributed by atoms with Crippen LogP contribution in [0.5, 0.6) is 0 Å². The fourth-order valence-electron chi connectivity index (χ4n) is 1.25. The summed E-state index contributed by atoms with van der Waals surface area (Å²) in [5.74, 6) is -0.955. The van der Waals surface area contributed by atoms with Gasteiger partial charge in [0, 0.05) is 18.0 Å². The van der Waals surface area contributed by atoms with E-state index in [1.165, 1.54) is 30.0 Å². The first-order valence-electron chi connectivity index (χ1n) is 5.80.